The molecule has 178 valence electrons. The number of imidazole rings is 1. The summed E-state index contributed by atoms with van der Waals surface area (Å²) >= 11 is 0. The molecule has 2 heterocycles. The van der Waals surface area contributed by atoms with Gasteiger partial charge >= 0.3 is 5.97 Å². The van der Waals surface area contributed by atoms with Gasteiger partial charge in [-0.3, -0.25) is 9.20 Å². The Labute approximate surface area is 195 Å². The third-order valence-electron chi connectivity index (χ3n) is 7.98. The molecule has 4 saturated carbocycles. The molecule has 2 aromatic heterocycles. The summed E-state index contributed by atoms with van der Waals surface area (Å²) in [7, 11) is 0. The number of carbonyl (C=O) groups is 2. The normalized spacial score (nSPS) is 28.4. The van der Waals surface area contributed by atoms with Gasteiger partial charge in [-0.25, -0.2) is 9.78 Å². The Morgan fingerprint density at radius 2 is 1.76 bits per heavy atom. The first kappa shape index (κ1) is 22.4. The number of fused-ring (bicyclic) bond motifs is 1. The van der Waals surface area contributed by atoms with Crippen molar-refractivity contribution in [2.45, 2.75) is 71.3 Å². The average molecular weight is 453 g/mol. The van der Waals surface area contributed by atoms with Crippen molar-refractivity contribution in [3.63, 3.8) is 0 Å². The van der Waals surface area contributed by atoms with Gasteiger partial charge in [-0.2, -0.15) is 0 Å². The third kappa shape index (κ3) is 4.39. The van der Waals surface area contributed by atoms with Crippen LogP contribution in [0.4, 0.5) is 0 Å². The first-order valence-electron chi connectivity index (χ1n) is 12.4. The smallest absolute Gasteiger partial charge is 0.356 e. The van der Waals surface area contributed by atoms with E-state index in [1.807, 2.05) is 0 Å². The van der Waals surface area contributed by atoms with Gasteiger partial charge in [0.1, 0.15) is 11.3 Å². The van der Waals surface area contributed by atoms with E-state index in [0.717, 1.165) is 17.8 Å². The number of aromatic nitrogens is 2. The molecule has 0 saturated heterocycles. The fourth-order valence-corrected chi connectivity index (χ4v) is 7.15. The molecule has 6 rings (SSSR count). The van der Waals surface area contributed by atoms with Crippen molar-refractivity contribution in [3.05, 3.63) is 35.3 Å². The molecule has 4 aliphatic rings. The molecule has 0 aliphatic heterocycles. The molecule has 3 N–H and O–H groups in total. The molecule has 4 aliphatic carbocycles. The predicted octanol–water partition coefficient (Wildman–Crippen LogP) is 3.91. The highest BCUT2D eigenvalue weighted by molar-refractivity contribution is 5.94. The van der Waals surface area contributed by atoms with E-state index in [1.54, 1.807) is 22.6 Å². The van der Waals surface area contributed by atoms with Gasteiger partial charge in [0.25, 0.3) is 5.91 Å². The van der Waals surface area contributed by atoms with Crippen molar-refractivity contribution in [3.8, 4) is 0 Å². The van der Waals surface area contributed by atoms with Crippen LogP contribution < -0.4 is 10.6 Å². The van der Waals surface area contributed by atoms with Crippen LogP contribution in [0.1, 0.15) is 86.0 Å². The van der Waals surface area contributed by atoms with E-state index in [-0.39, 0.29) is 22.6 Å². The maximum atomic E-state index is 13.4. The molecule has 4 fully saturated rings. The molecule has 7 nitrogen and oxygen atoms in total. The zero-order valence-electron chi connectivity index (χ0n) is 20.0. The van der Waals surface area contributed by atoms with Gasteiger partial charge in [-0.1, -0.05) is 6.07 Å². The second-order valence-corrected chi connectivity index (χ2v) is 11.8. The van der Waals surface area contributed by atoms with E-state index in [9.17, 15) is 14.7 Å². The van der Waals surface area contributed by atoms with Gasteiger partial charge in [0.2, 0.25) is 0 Å². The van der Waals surface area contributed by atoms with Gasteiger partial charge < -0.3 is 15.7 Å². The molecular formula is C26H36N4O3. The Bertz CT molecular complexity index is 1050. The van der Waals surface area contributed by atoms with Gasteiger partial charge in [-0.15, -0.1) is 0 Å². The number of nitrogens with one attached hydrogen (secondary N) is 2. The molecule has 0 aromatic carbocycles. The Morgan fingerprint density at radius 3 is 2.33 bits per heavy atom. The first-order valence-corrected chi connectivity index (χ1v) is 12.4. The monoisotopic (exact) mass is 452 g/mol. The molecule has 33 heavy (non-hydrogen) atoms. The van der Waals surface area contributed by atoms with E-state index in [0.29, 0.717) is 36.5 Å². The highest BCUT2D eigenvalue weighted by Crippen LogP contribution is 2.59. The second-order valence-electron chi connectivity index (χ2n) is 11.8. The topological polar surface area (TPSA) is 95.7 Å². The SMILES string of the molecule is CC(C)(C)NCCc1c(C(=O)O)nc2cccc(C(=O)NCC34CC5CC(CC(C5)C3)C4)n12. The van der Waals surface area contributed by atoms with Gasteiger partial charge in [0.15, 0.2) is 5.69 Å². The van der Waals surface area contributed by atoms with Crippen LogP contribution >= 0.6 is 0 Å². The van der Waals surface area contributed by atoms with Crippen molar-refractivity contribution in [1.82, 2.24) is 20.0 Å². The largest absolute Gasteiger partial charge is 0.476 e. The Hall–Kier alpha value is -2.41. The van der Waals surface area contributed by atoms with E-state index in [4.69, 9.17) is 0 Å². The summed E-state index contributed by atoms with van der Waals surface area (Å²) in [6.07, 6.45) is 8.33. The predicted molar refractivity (Wildman–Crippen MR) is 127 cm³/mol. The lowest BCUT2D eigenvalue weighted by molar-refractivity contribution is -0.0503. The first-order chi connectivity index (χ1) is 15.6. The molecule has 2 aromatic rings. The minimum atomic E-state index is -1.07. The number of carboxylic acids is 1. The van der Waals surface area contributed by atoms with Crippen LogP contribution in [0.3, 0.4) is 0 Å². The average Bonchev–Trinajstić information content (AvgIpc) is 3.09. The van der Waals surface area contributed by atoms with Crippen LogP contribution in [0.25, 0.3) is 5.65 Å². The van der Waals surface area contributed by atoms with Gasteiger partial charge in [-0.05, 0) is 94.6 Å². The van der Waals surface area contributed by atoms with E-state index in [2.05, 4.69) is 36.4 Å². The highest BCUT2D eigenvalue weighted by Gasteiger charge is 2.50. The molecule has 0 unspecified atom stereocenters. The molecule has 0 atom stereocenters. The Kier molecular flexibility index (Phi) is 5.51. The number of hydrogen-bond donors (Lipinski definition) is 3. The Balaban J connectivity index is 1.39. The minimum absolute atomic E-state index is 0.0204. The summed E-state index contributed by atoms with van der Waals surface area (Å²) in [5.74, 6) is 1.31. The second kappa shape index (κ2) is 8.12. The number of nitrogens with zero attached hydrogens (tertiary/aromatic N) is 2. The van der Waals surface area contributed by atoms with Crippen LogP contribution in [-0.2, 0) is 6.42 Å². The summed E-state index contributed by atoms with van der Waals surface area (Å²) in [6.45, 7) is 7.53. The van der Waals surface area contributed by atoms with Crippen molar-refractivity contribution < 1.29 is 14.7 Å². The van der Waals surface area contributed by atoms with Gasteiger partial charge in [0.05, 0.1) is 5.69 Å². The summed E-state index contributed by atoms with van der Waals surface area (Å²) in [6, 6.07) is 5.32. The molecule has 7 heteroatoms. The summed E-state index contributed by atoms with van der Waals surface area (Å²) < 4.78 is 1.74. The molecule has 0 spiro atoms. The number of amides is 1. The minimum Gasteiger partial charge on any atom is -0.476 e. The zero-order chi connectivity index (χ0) is 23.4. The lowest BCUT2D eigenvalue weighted by Crippen LogP contribution is -2.51. The summed E-state index contributed by atoms with van der Waals surface area (Å²) in [5, 5.41) is 16.4. The number of carboxylic acid groups (broad SMARTS) is 1. The maximum Gasteiger partial charge on any atom is 0.356 e. The number of rotatable bonds is 7. The highest BCUT2D eigenvalue weighted by atomic mass is 16.4. The lowest BCUT2D eigenvalue weighted by atomic mass is 9.49. The van der Waals surface area contributed by atoms with Crippen molar-refractivity contribution in [1.29, 1.82) is 0 Å². The van der Waals surface area contributed by atoms with Crippen LogP contribution in [0.5, 0.6) is 0 Å². The molecule has 4 bridgehead atoms. The van der Waals surface area contributed by atoms with Crippen molar-refractivity contribution >= 4 is 17.5 Å². The fraction of sp³-hybridized carbons (Fsp3) is 0.654. The summed E-state index contributed by atoms with van der Waals surface area (Å²) in [4.78, 5) is 29.7. The maximum absolute atomic E-state index is 13.4. The van der Waals surface area contributed by atoms with Crippen molar-refractivity contribution in [2.75, 3.05) is 13.1 Å². The van der Waals surface area contributed by atoms with Crippen LogP contribution in [-0.4, -0.2) is 45.0 Å². The van der Waals surface area contributed by atoms with Crippen LogP contribution in [0.2, 0.25) is 0 Å². The van der Waals surface area contributed by atoms with E-state index < -0.39 is 5.97 Å². The molecule has 1 amide bonds. The van der Waals surface area contributed by atoms with E-state index in [1.165, 1.54) is 38.5 Å². The van der Waals surface area contributed by atoms with Crippen LogP contribution in [0, 0.1) is 23.2 Å². The quantitative estimate of drug-likeness (QED) is 0.592. The third-order valence-corrected chi connectivity index (χ3v) is 7.98. The molecular weight excluding hydrogens is 416 g/mol. The molecule has 0 radical (unpaired) electrons. The van der Waals surface area contributed by atoms with E-state index >= 15 is 0 Å². The van der Waals surface area contributed by atoms with Crippen LogP contribution in [0.15, 0.2) is 18.2 Å². The number of pyridine rings is 1. The standard InChI is InChI=1S/C26H36N4O3/c1-25(2,3)28-8-7-19-22(24(32)33)29-21-6-4-5-20(30(19)21)23(31)27-15-26-12-16-9-17(13-26)11-18(10-16)14-26/h4-6,16-18,28H,7-15H2,1-3H3,(H,27,31)(H,32,33). The zero-order valence-corrected chi connectivity index (χ0v) is 20.0. The number of carbonyl (C=O) groups excluding carboxylic acids is 1. The number of aromatic carboxylic acids is 1. The van der Waals surface area contributed by atoms with Gasteiger partial charge in [0, 0.05) is 25.0 Å². The number of hydrogen-bond acceptors (Lipinski definition) is 4. The lowest BCUT2D eigenvalue weighted by Gasteiger charge is -2.56. The summed E-state index contributed by atoms with van der Waals surface area (Å²) in [5.41, 5.74) is 1.71. The Morgan fingerprint density at radius 1 is 1.12 bits per heavy atom. The fourth-order valence-electron chi connectivity index (χ4n) is 7.15. The van der Waals surface area contributed by atoms with Crippen molar-refractivity contribution in [2.24, 2.45) is 23.2 Å².